The van der Waals surface area contributed by atoms with E-state index in [1.165, 1.54) is 11.3 Å². The number of nitrogens with one attached hydrogen (secondary N) is 1. The minimum atomic E-state index is -0.577. The molecule has 2 amide bonds. The summed E-state index contributed by atoms with van der Waals surface area (Å²) in [7, 11) is 0. The van der Waals surface area contributed by atoms with Crippen molar-refractivity contribution in [3.8, 4) is 11.1 Å². The summed E-state index contributed by atoms with van der Waals surface area (Å²) in [5, 5.41) is 3.78. The van der Waals surface area contributed by atoms with E-state index in [1.54, 1.807) is 0 Å². The molecule has 1 heterocycles. The van der Waals surface area contributed by atoms with Gasteiger partial charge in [-0.25, -0.2) is 9.78 Å². The Morgan fingerprint density at radius 1 is 1.07 bits per heavy atom. The second kappa shape index (κ2) is 7.50. The molecule has 140 valence electrons. The fourth-order valence-corrected chi connectivity index (χ4v) is 4.18. The highest BCUT2D eigenvalue weighted by Gasteiger charge is 2.12. The number of benzene rings is 3. The van der Waals surface area contributed by atoms with E-state index in [-0.39, 0.29) is 0 Å². The maximum Gasteiger partial charge on any atom is 0.316 e. The first-order valence-electron chi connectivity index (χ1n) is 8.58. The van der Waals surface area contributed by atoms with Gasteiger partial charge in [-0.05, 0) is 59.5 Å². The first-order valence-corrected chi connectivity index (χ1v) is 9.77. The average Bonchev–Trinajstić information content (AvgIpc) is 3.02. The molecule has 0 radical (unpaired) electrons. The van der Waals surface area contributed by atoms with Crippen molar-refractivity contribution in [2.24, 2.45) is 5.73 Å². The van der Waals surface area contributed by atoms with Gasteiger partial charge in [0, 0.05) is 16.3 Å². The third-order valence-corrected chi connectivity index (χ3v) is 5.40. The first-order chi connectivity index (χ1) is 13.5. The summed E-state index contributed by atoms with van der Waals surface area (Å²) in [6.07, 6.45) is 0.734. The van der Waals surface area contributed by atoms with Gasteiger partial charge in [0.25, 0.3) is 0 Å². The van der Waals surface area contributed by atoms with E-state index in [2.05, 4.69) is 22.4 Å². The standard InChI is InChI=1S/C21H17ClN4OS/c22-15-3-1-2-14(11-15)17-9-13(10-18-19(17)26-21(24)28-18)8-12-4-6-16(7-5-12)25-20(23)27/h1-7,9-11H,8H2,(H2,24,26)(H3,23,25,27). The number of halogens is 1. The molecule has 7 heteroatoms. The quantitative estimate of drug-likeness (QED) is 0.428. The maximum absolute atomic E-state index is 11.0. The van der Waals surface area contributed by atoms with Gasteiger partial charge in [0.05, 0.1) is 10.2 Å². The molecule has 0 unspecified atom stereocenters. The predicted molar refractivity (Wildman–Crippen MR) is 117 cm³/mol. The molecular weight excluding hydrogens is 392 g/mol. The van der Waals surface area contributed by atoms with Gasteiger partial charge >= 0.3 is 6.03 Å². The van der Waals surface area contributed by atoms with Gasteiger partial charge < -0.3 is 16.8 Å². The average molecular weight is 409 g/mol. The van der Waals surface area contributed by atoms with Crippen LogP contribution in [-0.2, 0) is 6.42 Å². The van der Waals surface area contributed by atoms with Gasteiger partial charge in [-0.1, -0.05) is 47.2 Å². The van der Waals surface area contributed by atoms with Crippen molar-refractivity contribution in [3.05, 3.63) is 76.8 Å². The number of primary amides is 1. The van der Waals surface area contributed by atoms with Crippen LogP contribution in [0.1, 0.15) is 11.1 Å². The topological polar surface area (TPSA) is 94.0 Å². The number of nitrogens with two attached hydrogens (primary N) is 2. The molecule has 0 fully saturated rings. The number of thiazole rings is 1. The lowest BCUT2D eigenvalue weighted by Crippen LogP contribution is -2.19. The maximum atomic E-state index is 11.0. The second-order valence-electron chi connectivity index (χ2n) is 6.42. The minimum absolute atomic E-state index is 0.539. The van der Waals surface area contributed by atoms with Crippen LogP contribution in [0.4, 0.5) is 15.6 Å². The number of carbonyl (C=O) groups excluding carboxylic acids is 1. The zero-order chi connectivity index (χ0) is 19.7. The molecule has 0 atom stereocenters. The van der Waals surface area contributed by atoms with Crippen molar-refractivity contribution in [3.63, 3.8) is 0 Å². The van der Waals surface area contributed by atoms with Crippen LogP contribution in [0.25, 0.3) is 21.3 Å². The van der Waals surface area contributed by atoms with Crippen LogP contribution < -0.4 is 16.8 Å². The van der Waals surface area contributed by atoms with Crippen LogP contribution >= 0.6 is 22.9 Å². The number of hydrogen-bond donors (Lipinski definition) is 3. The van der Waals surface area contributed by atoms with Crippen LogP contribution in [0.2, 0.25) is 5.02 Å². The van der Waals surface area contributed by atoms with E-state index in [4.69, 9.17) is 23.1 Å². The molecule has 0 bridgehead atoms. The number of urea groups is 1. The number of hydrogen-bond acceptors (Lipinski definition) is 4. The molecule has 0 aliphatic carbocycles. The number of rotatable bonds is 4. The molecule has 5 nitrogen and oxygen atoms in total. The van der Waals surface area contributed by atoms with Crippen LogP contribution in [0.15, 0.2) is 60.7 Å². The van der Waals surface area contributed by atoms with E-state index in [0.717, 1.165) is 38.9 Å². The van der Waals surface area contributed by atoms with E-state index in [1.807, 2.05) is 48.5 Å². The minimum Gasteiger partial charge on any atom is -0.375 e. The zero-order valence-electron chi connectivity index (χ0n) is 14.8. The number of carbonyl (C=O) groups is 1. The Morgan fingerprint density at radius 3 is 2.57 bits per heavy atom. The molecule has 0 saturated carbocycles. The van der Waals surface area contributed by atoms with Crippen molar-refractivity contribution in [1.82, 2.24) is 4.98 Å². The first kappa shape index (κ1) is 18.3. The van der Waals surface area contributed by atoms with E-state index >= 15 is 0 Å². The Bertz CT molecular complexity index is 1170. The summed E-state index contributed by atoms with van der Waals surface area (Å²) in [6, 6.07) is 19.0. The Kier molecular flexibility index (Phi) is 4.90. The summed E-state index contributed by atoms with van der Waals surface area (Å²) >= 11 is 7.66. The van der Waals surface area contributed by atoms with E-state index in [9.17, 15) is 4.79 Å². The van der Waals surface area contributed by atoms with Gasteiger partial charge in [-0.2, -0.15) is 0 Å². The molecule has 0 aliphatic heterocycles. The lowest BCUT2D eigenvalue weighted by Gasteiger charge is -2.09. The molecule has 0 spiro atoms. The van der Waals surface area contributed by atoms with Crippen LogP contribution in [0.5, 0.6) is 0 Å². The molecule has 1 aromatic heterocycles. The molecule has 5 N–H and O–H groups in total. The predicted octanol–water partition coefficient (Wildman–Crippen LogP) is 5.28. The highest BCUT2D eigenvalue weighted by Crippen LogP contribution is 2.35. The number of nitrogens with zero attached hydrogens (tertiary/aromatic N) is 1. The van der Waals surface area contributed by atoms with Crippen molar-refractivity contribution in [1.29, 1.82) is 0 Å². The summed E-state index contributed by atoms with van der Waals surface area (Å²) in [4.78, 5) is 15.5. The lowest BCUT2D eigenvalue weighted by atomic mass is 9.98. The SMILES string of the molecule is NC(=O)Nc1ccc(Cc2cc(-c3cccc(Cl)c3)c3nc(N)sc3c2)cc1. The van der Waals surface area contributed by atoms with Crippen molar-refractivity contribution in [2.45, 2.75) is 6.42 Å². The molecule has 28 heavy (non-hydrogen) atoms. The van der Waals surface area contributed by atoms with E-state index in [0.29, 0.717) is 15.8 Å². The number of aromatic nitrogens is 1. The Labute approximate surface area is 171 Å². The summed E-state index contributed by atoms with van der Waals surface area (Å²) in [5.41, 5.74) is 16.9. The molecule has 4 aromatic rings. The van der Waals surface area contributed by atoms with Crippen molar-refractivity contribution in [2.75, 3.05) is 11.1 Å². The molecule has 4 rings (SSSR count). The van der Waals surface area contributed by atoms with Gasteiger partial charge in [-0.15, -0.1) is 0 Å². The van der Waals surface area contributed by atoms with Crippen LogP contribution in [-0.4, -0.2) is 11.0 Å². The highest BCUT2D eigenvalue weighted by atomic mass is 35.5. The Morgan fingerprint density at radius 2 is 1.86 bits per heavy atom. The fraction of sp³-hybridized carbons (Fsp3) is 0.0476. The van der Waals surface area contributed by atoms with Crippen molar-refractivity contribution < 1.29 is 4.79 Å². The van der Waals surface area contributed by atoms with Crippen molar-refractivity contribution >= 4 is 50.0 Å². The smallest absolute Gasteiger partial charge is 0.316 e. The molecule has 0 aliphatic rings. The number of nitrogen functional groups attached to an aromatic ring is 1. The normalized spacial score (nSPS) is 10.9. The van der Waals surface area contributed by atoms with Gasteiger partial charge in [0.15, 0.2) is 5.13 Å². The Hall–Kier alpha value is -3.09. The monoisotopic (exact) mass is 408 g/mol. The highest BCUT2D eigenvalue weighted by molar-refractivity contribution is 7.22. The van der Waals surface area contributed by atoms with Crippen LogP contribution in [0.3, 0.4) is 0 Å². The third-order valence-electron chi connectivity index (χ3n) is 4.34. The van der Waals surface area contributed by atoms with Gasteiger partial charge in [0.2, 0.25) is 0 Å². The van der Waals surface area contributed by atoms with Gasteiger partial charge in [0.1, 0.15) is 0 Å². The number of amides is 2. The summed E-state index contributed by atoms with van der Waals surface area (Å²) in [6.45, 7) is 0. The molecular formula is C21H17ClN4OS. The largest absolute Gasteiger partial charge is 0.375 e. The van der Waals surface area contributed by atoms with Gasteiger partial charge in [-0.3, -0.25) is 0 Å². The summed E-state index contributed by atoms with van der Waals surface area (Å²) < 4.78 is 1.04. The molecule has 3 aromatic carbocycles. The van der Waals surface area contributed by atoms with Crippen LogP contribution in [0, 0.1) is 0 Å². The van der Waals surface area contributed by atoms with E-state index < -0.39 is 6.03 Å². The molecule has 0 saturated heterocycles. The second-order valence-corrected chi connectivity index (χ2v) is 7.91. The summed E-state index contributed by atoms with van der Waals surface area (Å²) in [5.74, 6) is 0. The third kappa shape index (κ3) is 3.93. The lowest BCUT2D eigenvalue weighted by molar-refractivity contribution is 0.259. The number of fused-ring (bicyclic) bond motifs is 1. The zero-order valence-corrected chi connectivity index (χ0v) is 16.3. The fourth-order valence-electron chi connectivity index (χ4n) is 3.17. The number of anilines is 2. The Balaban J connectivity index is 1.72.